The summed E-state index contributed by atoms with van der Waals surface area (Å²) < 4.78 is 28.9. The Bertz CT molecular complexity index is 1490. The van der Waals surface area contributed by atoms with Gasteiger partial charge in [0.05, 0.1) is 16.7 Å². The molecule has 37 heavy (non-hydrogen) atoms. The molecule has 2 aromatic carbocycles. The van der Waals surface area contributed by atoms with E-state index in [9.17, 15) is 18.4 Å². The molecule has 190 valence electrons. The van der Waals surface area contributed by atoms with Crippen LogP contribution in [0.5, 0.6) is 0 Å². The Kier molecular flexibility index (Phi) is 5.96. The molecule has 2 amide bonds. The lowest BCUT2D eigenvalue weighted by atomic mass is 10.0. The van der Waals surface area contributed by atoms with E-state index >= 15 is 0 Å². The number of amides is 2. The maximum atomic E-state index is 13.8. The van der Waals surface area contributed by atoms with Gasteiger partial charge in [-0.15, -0.1) is 11.3 Å². The van der Waals surface area contributed by atoms with Crippen LogP contribution < -0.4 is 0 Å². The third kappa shape index (κ3) is 4.27. The highest BCUT2D eigenvalue weighted by molar-refractivity contribution is 7.11. The van der Waals surface area contributed by atoms with Crippen molar-refractivity contribution in [1.29, 1.82) is 0 Å². The number of piperazine rings is 1. The third-order valence-electron chi connectivity index (χ3n) is 7.11. The lowest BCUT2D eigenvalue weighted by Gasteiger charge is -2.48. The molecule has 4 heterocycles. The van der Waals surface area contributed by atoms with Gasteiger partial charge in [0.15, 0.2) is 16.6 Å². The molecule has 0 bridgehead atoms. The summed E-state index contributed by atoms with van der Waals surface area (Å²) in [6.45, 7) is 5.91. The summed E-state index contributed by atoms with van der Waals surface area (Å²) in [7, 11) is 0. The van der Waals surface area contributed by atoms with E-state index in [1.165, 1.54) is 17.4 Å². The van der Waals surface area contributed by atoms with E-state index in [0.717, 1.165) is 25.2 Å². The van der Waals surface area contributed by atoms with Crippen LogP contribution in [0.4, 0.5) is 8.78 Å². The molecule has 8 nitrogen and oxygen atoms in total. The minimum Gasteiger partial charge on any atom is -0.335 e. The van der Waals surface area contributed by atoms with Crippen molar-refractivity contribution in [2.75, 3.05) is 39.3 Å². The molecule has 0 atom stereocenters. The van der Waals surface area contributed by atoms with Crippen LogP contribution in [0.2, 0.25) is 0 Å². The van der Waals surface area contributed by atoms with Gasteiger partial charge in [-0.1, -0.05) is 0 Å². The zero-order chi connectivity index (χ0) is 25.7. The van der Waals surface area contributed by atoms with E-state index in [4.69, 9.17) is 0 Å². The average molecular weight is 523 g/mol. The van der Waals surface area contributed by atoms with E-state index in [1.807, 2.05) is 9.80 Å². The normalized spacial score (nSPS) is 16.8. The van der Waals surface area contributed by atoms with Crippen LogP contribution >= 0.6 is 11.3 Å². The number of fused-ring (bicyclic) bond motifs is 1. The highest BCUT2D eigenvalue weighted by Gasteiger charge is 2.37. The molecule has 0 spiro atoms. The molecule has 2 aliphatic heterocycles. The number of imidazole rings is 1. The largest absolute Gasteiger partial charge is 0.335 e. The Morgan fingerprint density at radius 3 is 2.43 bits per heavy atom. The van der Waals surface area contributed by atoms with Crippen LogP contribution in [-0.2, 0) is 0 Å². The van der Waals surface area contributed by atoms with Crippen molar-refractivity contribution >= 4 is 34.2 Å². The van der Waals surface area contributed by atoms with E-state index in [1.54, 1.807) is 41.3 Å². The number of hydrogen-bond acceptors (Lipinski definition) is 6. The Labute approximate surface area is 215 Å². The molecular formula is C26H24F2N6O2S. The number of carbonyl (C=O) groups is 2. The Hall–Kier alpha value is -3.70. The summed E-state index contributed by atoms with van der Waals surface area (Å²) in [5, 5.41) is 2.33. The van der Waals surface area contributed by atoms with Crippen LogP contribution in [0.1, 0.15) is 26.0 Å². The van der Waals surface area contributed by atoms with Crippen molar-refractivity contribution in [1.82, 2.24) is 29.2 Å². The van der Waals surface area contributed by atoms with Crippen molar-refractivity contribution in [3.05, 3.63) is 76.0 Å². The van der Waals surface area contributed by atoms with Gasteiger partial charge in [0.2, 0.25) is 0 Å². The van der Waals surface area contributed by atoms with Crippen LogP contribution in [0.3, 0.4) is 0 Å². The van der Waals surface area contributed by atoms with Gasteiger partial charge in [0.25, 0.3) is 11.8 Å². The summed E-state index contributed by atoms with van der Waals surface area (Å²) in [6.07, 6.45) is 1.64. The molecule has 0 aliphatic carbocycles. The molecule has 6 rings (SSSR count). The highest BCUT2D eigenvalue weighted by Crippen LogP contribution is 2.26. The van der Waals surface area contributed by atoms with Gasteiger partial charge in [-0.05, 0) is 37.3 Å². The van der Waals surface area contributed by atoms with Gasteiger partial charge < -0.3 is 9.80 Å². The number of nitrogens with zero attached hydrogens (tertiary/aromatic N) is 6. The lowest BCUT2D eigenvalue weighted by Crippen LogP contribution is -2.64. The summed E-state index contributed by atoms with van der Waals surface area (Å²) in [6, 6.07) is 9.29. The molecule has 2 fully saturated rings. The number of aryl methyl sites for hydroxylation is 1. The fraction of sp³-hybridized carbons (Fsp3) is 0.308. The second-order valence-electron chi connectivity index (χ2n) is 9.33. The van der Waals surface area contributed by atoms with Crippen molar-refractivity contribution in [2.45, 2.75) is 13.0 Å². The molecule has 2 aromatic heterocycles. The topological polar surface area (TPSA) is 74.6 Å². The van der Waals surface area contributed by atoms with E-state index in [2.05, 4.69) is 14.9 Å². The monoisotopic (exact) mass is 522 g/mol. The Morgan fingerprint density at radius 2 is 1.73 bits per heavy atom. The van der Waals surface area contributed by atoms with Gasteiger partial charge in [-0.3, -0.25) is 19.1 Å². The van der Waals surface area contributed by atoms with Crippen molar-refractivity contribution in [3.63, 3.8) is 0 Å². The zero-order valence-electron chi connectivity index (χ0n) is 20.1. The van der Waals surface area contributed by atoms with Gasteiger partial charge in [0.1, 0.15) is 5.82 Å². The van der Waals surface area contributed by atoms with Crippen LogP contribution in [0, 0.1) is 18.6 Å². The zero-order valence-corrected chi connectivity index (χ0v) is 20.9. The quantitative estimate of drug-likeness (QED) is 0.411. The van der Waals surface area contributed by atoms with E-state index in [0.29, 0.717) is 59.3 Å². The summed E-state index contributed by atoms with van der Waals surface area (Å²) in [5.74, 6) is -1.29. The molecule has 0 unspecified atom stereocenters. The van der Waals surface area contributed by atoms with Gasteiger partial charge in [-0.25, -0.2) is 18.7 Å². The maximum Gasteiger partial charge on any atom is 0.282 e. The minimum atomic E-state index is -0.926. The molecule has 2 saturated heterocycles. The van der Waals surface area contributed by atoms with Gasteiger partial charge >= 0.3 is 0 Å². The van der Waals surface area contributed by atoms with Crippen LogP contribution in [-0.4, -0.2) is 86.4 Å². The molecule has 0 saturated carbocycles. The number of thiazole rings is 1. The fourth-order valence-corrected chi connectivity index (χ4v) is 5.68. The smallest absolute Gasteiger partial charge is 0.282 e. The first-order chi connectivity index (χ1) is 17.9. The van der Waals surface area contributed by atoms with Crippen molar-refractivity contribution in [3.8, 4) is 5.69 Å². The number of likely N-dealkylation sites (tertiary alicyclic amines) is 1. The van der Waals surface area contributed by atoms with Crippen molar-refractivity contribution < 1.29 is 18.4 Å². The van der Waals surface area contributed by atoms with E-state index in [-0.39, 0.29) is 17.9 Å². The number of hydrogen-bond donors (Lipinski definition) is 0. The molecule has 11 heteroatoms. The summed E-state index contributed by atoms with van der Waals surface area (Å²) in [4.78, 5) is 40.3. The summed E-state index contributed by atoms with van der Waals surface area (Å²) in [5.41, 5.74) is 2.34. The Balaban J connectivity index is 1.09. The highest BCUT2D eigenvalue weighted by atomic mass is 32.1. The number of halogens is 2. The second kappa shape index (κ2) is 9.31. The van der Waals surface area contributed by atoms with E-state index < -0.39 is 11.6 Å². The van der Waals surface area contributed by atoms with Gasteiger partial charge in [-0.2, -0.15) is 0 Å². The predicted octanol–water partition coefficient (Wildman–Crippen LogP) is 3.35. The third-order valence-corrected chi connectivity index (χ3v) is 7.87. The minimum absolute atomic E-state index is 0.0160. The molecule has 0 radical (unpaired) electrons. The number of benzene rings is 2. The van der Waals surface area contributed by atoms with Crippen LogP contribution in [0.15, 0.2) is 48.0 Å². The molecule has 0 N–H and O–H groups in total. The first kappa shape index (κ1) is 23.7. The molecule has 2 aliphatic rings. The first-order valence-corrected chi connectivity index (χ1v) is 12.9. The maximum absolute atomic E-state index is 13.8. The Morgan fingerprint density at radius 1 is 0.946 bits per heavy atom. The lowest BCUT2D eigenvalue weighted by molar-refractivity contribution is 0.00854. The standard InChI is InChI=1S/C26H24F2N6O2S/c1-16-30-22-12-17(2-5-23(22)34(16)18-3-4-20(27)21(28)13-18)25(35)33-14-19(15-33)31-7-9-32(10-8-31)26(36)24-29-6-11-37-24/h2-6,11-13,19H,7-10,14-15H2,1H3. The summed E-state index contributed by atoms with van der Waals surface area (Å²) >= 11 is 1.36. The number of carbonyl (C=O) groups excluding carboxylic acids is 2. The van der Waals surface area contributed by atoms with Gasteiger partial charge in [0, 0.05) is 68.5 Å². The second-order valence-corrected chi connectivity index (χ2v) is 10.2. The van der Waals surface area contributed by atoms with Crippen molar-refractivity contribution in [2.24, 2.45) is 0 Å². The number of aromatic nitrogens is 3. The van der Waals surface area contributed by atoms with Crippen LogP contribution in [0.25, 0.3) is 16.7 Å². The molecular weight excluding hydrogens is 498 g/mol. The SMILES string of the molecule is Cc1nc2cc(C(=O)N3CC(N4CCN(C(=O)c5nccs5)CC4)C3)ccc2n1-c1ccc(F)c(F)c1. The number of rotatable bonds is 4. The first-order valence-electron chi connectivity index (χ1n) is 12.1. The average Bonchev–Trinajstić information content (AvgIpc) is 3.52. The fourth-order valence-electron chi connectivity index (χ4n) is 5.07. The molecule has 4 aromatic rings. The predicted molar refractivity (Wildman–Crippen MR) is 135 cm³/mol.